The molecule has 18 heavy (non-hydrogen) atoms. The van der Waals surface area contributed by atoms with Crippen molar-refractivity contribution in [3.63, 3.8) is 0 Å². The van der Waals surface area contributed by atoms with Gasteiger partial charge in [-0.05, 0) is 31.0 Å². The van der Waals surface area contributed by atoms with Crippen molar-refractivity contribution in [2.45, 2.75) is 26.7 Å². The van der Waals surface area contributed by atoms with Crippen LogP contribution in [0.15, 0.2) is 29.4 Å². The lowest BCUT2D eigenvalue weighted by molar-refractivity contribution is -0.384. The third kappa shape index (κ3) is 3.97. The molecule has 0 aromatic heterocycles. The van der Waals surface area contributed by atoms with Crippen molar-refractivity contribution in [3.05, 3.63) is 39.9 Å². The lowest BCUT2D eigenvalue weighted by atomic mass is 10.1. The number of benzene rings is 1. The Kier molecular flexibility index (Phi) is 4.98. The van der Waals surface area contributed by atoms with Gasteiger partial charge in [-0.25, -0.2) is 5.43 Å². The fraction of sp³-hybridized carbons (Fsp3) is 0.333. The van der Waals surface area contributed by atoms with Gasteiger partial charge in [0.2, 0.25) is 5.91 Å². The topological polar surface area (TPSA) is 84.6 Å². The molecule has 0 spiro atoms. The highest BCUT2D eigenvalue weighted by molar-refractivity contribution is 5.99. The Hall–Kier alpha value is -2.24. The number of rotatable bonds is 5. The molecule has 0 atom stereocenters. The molecule has 1 rings (SSSR count). The molecule has 1 aromatic carbocycles. The zero-order valence-corrected chi connectivity index (χ0v) is 10.3. The van der Waals surface area contributed by atoms with Crippen molar-refractivity contribution in [3.8, 4) is 0 Å². The second kappa shape index (κ2) is 6.48. The summed E-state index contributed by atoms with van der Waals surface area (Å²) in [5.41, 5.74) is 3.80. The molecule has 0 saturated heterocycles. The Balaban J connectivity index is 2.71. The van der Waals surface area contributed by atoms with Crippen LogP contribution in [0.2, 0.25) is 0 Å². The van der Waals surface area contributed by atoms with Crippen molar-refractivity contribution in [2.24, 2.45) is 5.10 Å². The van der Waals surface area contributed by atoms with Crippen molar-refractivity contribution < 1.29 is 9.72 Å². The molecule has 0 aliphatic heterocycles. The smallest absolute Gasteiger partial charge is 0.269 e. The number of hydrogen-bond acceptors (Lipinski definition) is 4. The molecule has 0 aliphatic carbocycles. The maximum Gasteiger partial charge on any atom is 0.269 e. The largest absolute Gasteiger partial charge is 0.273 e. The van der Waals surface area contributed by atoms with E-state index in [1.165, 1.54) is 12.1 Å². The molecule has 0 fully saturated rings. The van der Waals surface area contributed by atoms with E-state index >= 15 is 0 Å². The number of amides is 1. The minimum absolute atomic E-state index is 0.0292. The number of nitrogens with zero attached hydrogens (tertiary/aromatic N) is 2. The van der Waals surface area contributed by atoms with Crippen LogP contribution in [0.5, 0.6) is 0 Å². The minimum atomic E-state index is -0.459. The number of nitro benzene ring substituents is 1. The van der Waals surface area contributed by atoms with Gasteiger partial charge >= 0.3 is 0 Å². The van der Waals surface area contributed by atoms with Crippen molar-refractivity contribution in [1.82, 2.24) is 5.43 Å². The second-order valence-corrected chi connectivity index (χ2v) is 3.79. The first-order valence-electron chi connectivity index (χ1n) is 5.62. The molecule has 0 saturated carbocycles. The van der Waals surface area contributed by atoms with Crippen molar-refractivity contribution in [2.75, 3.05) is 0 Å². The average Bonchev–Trinajstić information content (AvgIpc) is 2.36. The van der Waals surface area contributed by atoms with Gasteiger partial charge in [-0.3, -0.25) is 14.9 Å². The van der Waals surface area contributed by atoms with Gasteiger partial charge in [-0.15, -0.1) is 0 Å². The summed E-state index contributed by atoms with van der Waals surface area (Å²) in [6, 6.07) is 6.01. The summed E-state index contributed by atoms with van der Waals surface area (Å²) in [6.45, 7) is 3.64. The van der Waals surface area contributed by atoms with Crippen LogP contribution < -0.4 is 5.43 Å². The molecule has 0 bridgehead atoms. The van der Waals surface area contributed by atoms with Gasteiger partial charge in [0.15, 0.2) is 0 Å². The predicted molar refractivity (Wildman–Crippen MR) is 68.4 cm³/mol. The highest BCUT2D eigenvalue weighted by Gasteiger charge is 2.05. The first kappa shape index (κ1) is 13.8. The van der Waals surface area contributed by atoms with E-state index in [1.54, 1.807) is 19.1 Å². The van der Waals surface area contributed by atoms with Crippen LogP contribution >= 0.6 is 0 Å². The number of nitro groups is 1. The SMILES string of the molecule is CCCC(=O)N/N=C(/C)c1ccc([N+](=O)[O-])cc1. The molecular weight excluding hydrogens is 234 g/mol. The van der Waals surface area contributed by atoms with E-state index in [4.69, 9.17) is 0 Å². The fourth-order valence-electron chi connectivity index (χ4n) is 1.32. The molecule has 6 heteroatoms. The molecular formula is C12H15N3O3. The second-order valence-electron chi connectivity index (χ2n) is 3.79. The molecule has 0 radical (unpaired) electrons. The van der Waals surface area contributed by atoms with Crippen LogP contribution in [-0.4, -0.2) is 16.5 Å². The van der Waals surface area contributed by atoms with Gasteiger partial charge in [0.25, 0.3) is 5.69 Å². The van der Waals surface area contributed by atoms with Crippen LogP contribution in [0.25, 0.3) is 0 Å². The number of carbonyl (C=O) groups is 1. The summed E-state index contributed by atoms with van der Waals surface area (Å²) in [6.07, 6.45) is 1.19. The lowest BCUT2D eigenvalue weighted by Crippen LogP contribution is -2.18. The maximum atomic E-state index is 11.2. The Morgan fingerprint density at radius 2 is 2.00 bits per heavy atom. The molecule has 1 N–H and O–H groups in total. The Bertz CT molecular complexity index is 466. The number of carbonyl (C=O) groups excluding carboxylic acids is 1. The quantitative estimate of drug-likeness (QED) is 0.493. The van der Waals surface area contributed by atoms with Crippen molar-refractivity contribution >= 4 is 17.3 Å². The van der Waals surface area contributed by atoms with E-state index in [1.807, 2.05) is 6.92 Å². The van der Waals surface area contributed by atoms with E-state index in [0.717, 1.165) is 12.0 Å². The van der Waals surface area contributed by atoms with Gasteiger partial charge in [0.05, 0.1) is 10.6 Å². The third-order valence-corrected chi connectivity index (χ3v) is 2.32. The van der Waals surface area contributed by atoms with E-state index in [-0.39, 0.29) is 11.6 Å². The van der Waals surface area contributed by atoms with Crippen LogP contribution in [-0.2, 0) is 4.79 Å². The summed E-state index contributed by atoms with van der Waals surface area (Å²) < 4.78 is 0. The summed E-state index contributed by atoms with van der Waals surface area (Å²) >= 11 is 0. The van der Waals surface area contributed by atoms with Gasteiger partial charge < -0.3 is 0 Å². The molecule has 96 valence electrons. The summed E-state index contributed by atoms with van der Waals surface area (Å²) in [7, 11) is 0. The molecule has 0 unspecified atom stereocenters. The highest BCUT2D eigenvalue weighted by atomic mass is 16.6. The molecule has 0 heterocycles. The van der Waals surface area contributed by atoms with Crippen LogP contribution in [0.4, 0.5) is 5.69 Å². The van der Waals surface area contributed by atoms with Crippen LogP contribution in [0.1, 0.15) is 32.3 Å². The first-order chi connectivity index (χ1) is 8.54. The molecule has 6 nitrogen and oxygen atoms in total. The highest BCUT2D eigenvalue weighted by Crippen LogP contribution is 2.12. The molecule has 0 aliphatic rings. The van der Waals surface area contributed by atoms with E-state index in [2.05, 4.69) is 10.5 Å². The normalized spacial score (nSPS) is 11.1. The van der Waals surface area contributed by atoms with Crippen molar-refractivity contribution in [1.29, 1.82) is 0 Å². The third-order valence-electron chi connectivity index (χ3n) is 2.32. The minimum Gasteiger partial charge on any atom is -0.273 e. The number of non-ortho nitro benzene ring substituents is 1. The zero-order chi connectivity index (χ0) is 13.5. The number of nitrogens with one attached hydrogen (secondary N) is 1. The van der Waals surface area contributed by atoms with Crippen LogP contribution in [0.3, 0.4) is 0 Å². The van der Waals surface area contributed by atoms with Gasteiger partial charge in [-0.2, -0.15) is 5.10 Å². The van der Waals surface area contributed by atoms with Gasteiger partial charge in [-0.1, -0.05) is 6.92 Å². The van der Waals surface area contributed by atoms with Crippen LogP contribution in [0, 0.1) is 10.1 Å². The molecule has 1 aromatic rings. The monoisotopic (exact) mass is 249 g/mol. The average molecular weight is 249 g/mol. The Morgan fingerprint density at radius 1 is 1.39 bits per heavy atom. The summed E-state index contributed by atoms with van der Waals surface area (Å²) in [5, 5.41) is 14.4. The standard InChI is InChI=1S/C12H15N3O3/c1-3-4-12(16)14-13-9(2)10-5-7-11(8-6-10)15(17)18/h5-8H,3-4H2,1-2H3,(H,14,16)/b13-9-. The number of hydrazone groups is 1. The fourth-order valence-corrected chi connectivity index (χ4v) is 1.32. The van der Waals surface area contributed by atoms with Gasteiger partial charge in [0, 0.05) is 18.6 Å². The zero-order valence-electron chi connectivity index (χ0n) is 10.3. The lowest BCUT2D eigenvalue weighted by Gasteiger charge is -2.02. The number of hydrogen-bond donors (Lipinski definition) is 1. The Morgan fingerprint density at radius 3 is 2.50 bits per heavy atom. The van der Waals surface area contributed by atoms with E-state index in [0.29, 0.717) is 12.1 Å². The van der Waals surface area contributed by atoms with E-state index in [9.17, 15) is 14.9 Å². The summed E-state index contributed by atoms with van der Waals surface area (Å²) in [4.78, 5) is 21.2. The maximum absolute atomic E-state index is 11.2. The molecule has 1 amide bonds. The first-order valence-corrected chi connectivity index (χ1v) is 5.62. The Labute approximate surface area is 105 Å². The van der Waals surface area contributed by atoms with Gasteiger partial charge in [0.1, 0.15) is 0 Å². The predicted octanol–water partition coefficient (Wildman–Crippen LogP) is 2.24. The van der Waals surface area contributed by atoms with E-state index < -0.39 is 4.92 Å². The summed E-state index contributed by atoms with van der Waals surface area (Å²) in [5.74, 6) is -0.140.